The number of amides is 4. The number of urea groups is 1. The summed E-state index contributed by atoms with van der Waals surface area (Å²) in [5.41, 5.74) is 1.64. The van der Waals surface area contributed by atoms with Crippen LogP contribution in [0.5, 0.6) is 0 Å². The SMILES string of the molecule is O=C1CCN(c2cccc(NCCCCCCC(=O)N3CCC(F)(F)CC3)c2)C(=O)N1. The summed E-state index contributed by atoms with van der Waals surface area (Å²) in [7, 11) is 0. The maximum atomic E-state index is 13.2. The number of rotatable bonds is 9. The van der Waals surface area contributed by atoms with Crippen molar-refractivity contribution >= 4 is 29.2 Å². The van der Waals surface area contributed by atoms with Crippen LogP contribution in [0.1, 0.15) is 51.4 Å². The summed E-state index contributed by atoms with van der Waals surface area (Å²) in [5, 5.41) is 5.65. The molecule has 0 atom stereocenters. The molecular formula is C22H30F2N4O3. The van der Waals surface area contributed by atoms with Gasteiger partial charge in [0.1, 0.15) is 0 Å². The Morgan fingerprint density at radius 3 is 2.55 bits per heavy atom. The van der Waals surface area contributed by atoms with E-state index < -0.39 is 12.0 Å². The van der Waals surface area contributed by atoms with Crippen LogP contribution in [-0.4, -0.2) is 54.8 Å². The summed E-state index contributed by atoms with van der Waals surface area (Å²) in [4.78, 5) is 38.5. The molecule has 0 saturated carbocycles. The van der Waals surface area contributed by atoms with Crippen LogP contribution >= 0.6 is 0 Å². The molecule has 2 fully saturated rings. The van der Waals surface area contributed by atoms with Crippen LogP contribution in [0.3, 0.4) is 0 Å². The smallest absolute Gasteiger partial charge is 0.328 e. The van der Waals surface area contributed by atoms with E-state index >= 15 is 0 Å². The highest BCUT2D eigenvalue weighted by Crippen LogP contribution is 2.28. The molecule has 9 heteroatoms. The van der Waals surface area contributed by atoms with Gasteiger partial charge in [0.25, 0.3) is 5.92 Å². The van der Waals surface area contributed by atoms with Crippen molar-refractivity contribution in [3.63, 3.8) is 0 Å². The number of anilines is 2. The van der Waals surface area contributed by atoms with Crippen LogP contribution in [0.25, 0.3) is 0 Å². The van der Waals surface area contributed by atoms with Gasteiger partial charge in [0.05, 0.1) is 0 Å². The summed E-state index contributed by atoms with van der Waals surface area (Å²) in [6, 6.07) is 7.11. The van der Waals surface area contributed by atoms with Crippen LogP contribution in [0.15, 0.2) is 24.3 Å². The molecule has 3 rings (SSSR count). The monoisotopic (exact) mass is 436 g/mol. The van der Waals surface area contributed by atoms with E-state index in [1.165, 1.54) is 0 Å². The van der Waals surface area contributed by atoms with Gasteiger partial charge in [-0.1, -0.05) is 18.9 Å². The second-order valence-electron chi connectivity index (χ2n) is 8.13. The Balaban J connectivity index is 1.29. The predicted octanol–water partition coefficient (Wildman–Crippen LogP) is 3.75. The Morgan fingerprint density at radius 2 is 1.81 bits per heavy atom. The first kappa shape index (κ1) is 23.0. The number of hydrogen-bond acceptors (Lipinski definition) is 4. The van der Waals surface area contributed by atoms with Gasteiger partial charge < -0.3 is 10.2 Å². The quantitative estimate of drug-likeness (QED) is 0.578. The number of carbonyl (C=O) groups is 3. The van der Waals surface area contributed by atoms with Crippen molar-refractivity contribution in [3.05, 3.63) is 24.3 Å². The van der Waals surface area contributed by atoms with Crippen LogP contribution < -0.4 is 15.5 Å². The number of piperidine rings is 1. The number of nitrogens with one attached hydrogen (secondary N) is 2. The lowest BCUT2D eigenvalue weighted by molar-refractivity contribution is -0.137. The summed E-state index contributed by atoms with van der Waals surface area (Å²) < 4.78 is 26.3. The topological polar surface area (TPSA) is 81.8 Å². The first-order chi connectivity index (χ1) is 14.8. The van der Waals surface area contributed by atoms with Crippen molar-refractivity contribution in [2.75, 3.05) is 36.4 Å². The number of unbranched alkanes of at least 4 members (excludes halogenated alkanes) is 3. The minimum Gasteiger partial charge on any atom is -0.385 e. The molecule has 0 unspecified atom stereocenters. The maximum absolute atomic E-state index is 13.2. The first-order valence-electron chi connectivity index (χ1n) is 10.9. The fourth-order valence-corrected chi connectivity index (χ4v) is 3.82. The maximum Gasteiger partial charge on any atom is 0.328 e. The molecule has 2 heterocycles. The van der Waals surface area contributed by atoms with E-state index in [1.54, 1.807) is 9.80 Å². The predicted molar refractivity (Wildman–Crippen MR) is 114 cm³/mol. The minimum atomic E-state index is -2.62. The molecular weight excluding hydrogens is 406 g/mol. The van der Waals surface area contributed by atoms with Crippen LogP contribution in [0, 0.1) is 0 Å². The molecule has 1 aromatic carbocycles. The van der Waals surface area contributed by atoms with Gasteiger partial charge in [0.15, 0.2) is 0 Å². The van der Waals surface area contributed by atoms with E-state index in [0.717, 1.165) is 43.6 Å². The molecule has 4 amide bonds. The Kier molecular flexibility index (Phi) is 7.81. The molecule has 0 bridgehead atoms. The van der Waals surface area contributed by atoms with Crippen molar-refractivity contribution in [2.24, 2.45) is 0 Å². The Morgan fingerprint density at radius 1 is 1.06 bits per heavy atom. The molecule has 0 aliphatic carbocycles. The van der Waals surface area contributed by atoms with E-state index in [9.17, 15) is 23.2 Å². The van der Waals surface area contributed by atoms with E-state index in [1.807, 2.05) is 24.3 Å². The zero-order valence-corrected chi connectivity index (χ0v) is 17.7. The average Bonchev–Trinajstić information content (AvgIpc) is 2.73. The van der Waals surface area contributed by atoms with Gasteiger partial charge in [-0.25, -0.2) is 13.6 Å². The number of benzene rings is 1. The number of alkyl halides is 2. The minimum absolute atomic E-state index is 0.0195. The Bertz CT molecular complexity index is 793. The van der Waals surface area contributed by atoms with Gasteiger partial charge in [-0.2, -0.15) is 0 Å². The van der Waals surface area contributed by atoms with E-state index in [-0.39, 0.29) is 44.2 Å². The molecule has 2 N–H and O–H groups in total. The lowest BCUT2D eigenvalue weighted by atomic mass is 10.1. The number of likely N-dealkylation sites (tertiary alicyclic amines) is 1. The molecule has 0 spiro atoms. The molecule has 31 heavy (non-hydrogen) atoms. The third kappa shape index (κ3) is 6.90. The van der Waals surface area contributed by atoms with Crippen molar-refractivity contribution in [1.82, 2.24) is 10.2 Å². The lowest BCUT2D eigenvalue weighted by Gasteiger charge is -2.31. The fourth-order valence-electron chi connectivity index (χ4n) is 3.82. The van der Waals surface area contributed by atoms with Gasteiger partial charge in [0.2, 0.25) is 11.8 Å². The van der Waals surface area contributed by atoms with E-state index in [2.05, 4.69) is 10.6 Å². The van der Waals surface area contributed by atoms with Gasteiger partial charge in [-0.3, -0.25) is 19.8 Å². The first-order valence-corrected chi connectivity index (χ1v) is 10.9. The average molecular weight is 437 g/mol. The van der Waals surface area contributed by atoms with Crippen molar-refractivity contribution in [2.45, 2.75) is 57.3 Å². The zero-order valence-electron chi connectivity index (χ0n) is 17.7. The van der Waals surface area contributed by atoms with E-state index in [4.69, 9.17) is 0 Å². The Labute approximate surface area is 181 Å². The number of imide groups is 1. The number of carbonyl (C=O) groups excluding carboxylic acids is 3. The summed E-state index contributed by atoms with van der Waals surface area (Å²) in [6.07, 6.45) is 3.83. The highest BCUT2D eigenvalue weighted by Gasteiger charge is 2.35. The van der Waals surface area contributed by atoms with Gasteiger partial charge in [-0.05, 0) is 31.0 Å². The largest absolute Gasteiger partial charge is 0.385 e. The molecule has 0 radical (unpaired) electrons. The lowest BCUT2D eigenvalue weighted by Crippen LogP contribution is -2.49. The normalized spacial score (nSPS) is 18.6. The molecule has 170 valence electrons. The third-order valence-corrected chi connectivity index (χ3v) is 5.71. The van der Waals surface area contributed by atoms with Gasteiger partial charge in [0, 0.05) is 63.2 Å². The second-order valence-corrected chi connectivity index (χ2v) is 8.13. The zero-order chi connectivity index (χ0) is 22.3. The van der Waals surface area contributed by atoms with Gasteiger partial charge >= 0.3 is 6.03 Å². The standard InChI is InChI=1S/C22H30F2N4O3/c23-22(24)10-14-27(15-11-22)20(30)8-3-1-2-4-12-25-17-6-5-7-18(16-17)28-13-9-19(29)26-21(28)31/h5-7,16,25H,1-4,8-15H2,(H,26,29,31). The molecule has 0 aromatic heterocycles. The van der Waals surface area contributed by atoms with Crippen molar-refractivity contribution < 1.29 is 23.2 Å². The highest BCUT2D eigenvalue weighted by molar-refractivity contribution is 6.05. The molecule has 2 aliphatic rings. The summed E-state index contributed by atoms with van der Waals surface area (Å²) in [6.45, 7) is 1.45. The van der Waals surface area contributed by atoms with E-state index in [0.29, 0.717) is 13.0 Å². The molecule has 2 aliphatic heterocycles. The highest BCUT2D eigenvalue weighted by atomic mass is 19.3. The summed E-state index contributed by atoms with van der Waals surface area (Å²) >= 11 is 0. The fraction of sp³-hybridized carbons (Fsp3) is 0.591. The number of nitrogens with zero attached hydrogens (tertiary/aromatic N) is 2. The molecule has 1 aromatic rings. The molecule has 7 nitrogen and oxygen atoms in total. The summed E-state index contributed by atoms with van der Waals surface area (Å²) in [5.74, 6) is -2.90. The van der Waals surface area contributed by atoms with Crippen LogP contribution in [0.2, 0.25) is 0 Å². The van der Waals surface area contributed by atoms with Crippen molar-refractivity contribution in [3.8, 4) is 0 Å². The second kappa shape index (κ2) is 10.5. The molecule has 2 saturated heterocycles. The van der Waals surface area contributed by atoms with Gasteiger partial charge in [-0.15, -0.1) is 0 Å². The van der Waals surface area contributed by atoms with Crippen LogP contribution in [-0.2, 0) is 9.59 Å². The van der Waals surface area contributed by atoms with Crippen LogP contribution in [0.4, 0.5) is 25.0 Å². The number of halogens is 2. The van der Waals surface area contributed by atoms with Crippen molar-refractivity contribution in [1.29, 1.82) is 0 Å². The number of hydrogen-bond donors (Lipinski definition) is 2. The Hall–Kier alpha value is -2.71. The third-order valence-electron chi connectivity index (χ3n) is 5.71.